The molecule has 6 nitrogen and oxygen atoms in total. The number of nitrogens with one attached hydrogen (secondary N) is 1. The zero-order chi connectivity index (χ0) is 24.6. The number of aryl methyl sites for hydroxylation is 2. The van der Waals surface area contributed by atoms with Gasteiger partial charge in [-0.1, -0.05) is 39.8 Å². The third kappa shape index (κ3) is 4.85. The molecule has 0 saturated carbocycles. The van der Waals surface area contributed by atoms with Crippen LogP contribution in [0.4, 0.5) is 11.4 Å². The van der Waals surface area contributed by atoms with Crippen LogP contribution in [0.15, 0.2) is 42.5 Å². The molecular weight excluding hydrogens is 446 g/mol. The first-order valence-electron chi connectivity index (χ1n) is 11.5. The number of hydrogen-bond acceptors (Lipinski definition) is 5. The number of nitrogens with zero attached hydrogens (tertiary/aromatic N) is 2. The average Bonchev–Trinajstić information content (AvgIpc) is 3.12. The van der Waals surface area contributed by atoms with Gasteiger partial charge in [-0.25, -0.2) is 4.98 Å². The average molecular weight is 478 g/mol. The maximum atomic E-state index is 13.2. The molecule has 1 unspecified atom stereocenters. The highest BCUT2D eigenvalue weighted by atomic mass is 32.1. The Hall–Kier alpha value is -3.19. The highest BCUT2D eigenvalue weighted by Crippen LogP contribution is 2.39. The SMILES string of the molecule is CCC1Oc2ccc(-c3nc(C)sc3C)cc2N(CC(=O)Nc2ccc(C(C)(C)C)cc2)C1=O. The lowest BCUT2D eigenvalue weighted by Gasteiger charge is -2.34. The van der Waals surface area contributed by atoms with Crippen LogP contribution in [0.1, 0.15) is 49.6 Å². The topological polar surface area (TPSA) is 71.5 Å². The molecule has 2 heterocycles. The molecule has 0 aliphatic carbocycles. The zero-order valence-corrected chi connectivity index (χ0v) is 21.4. The Bertz CT molecular complexity index is 1220. The van der Waals surface area contributed by atoms with E-state index in [9.17, 15) is 9.59 Å². The van der Waals surface area contributed by atoms with Crippen molar-refractivity contribution in [1.29, 1.82) is 0 Å². The molecule has 2 aromatic carbocycles. The molecule has 1 aliphatic heterocycles. The Morgan fingerprint density at radius 3 is 2.44 bits per heavy atom. The second-order valence-electron chi connectivity index (χ2n) is 9.63. The van der Waals surface area contributed by atoms with Crippen LogP contribution in [-0.4, -0.2) is 29.4 Å². The summed E-state index contributed by atoms with van der Waals surface area (Å²) in [6.45, 7) is 12.3. The van der Waals surface area contributed by atoms with E-state index >= 15 is 0 Å². The van der Waals surface area contributed by atoms with E-state index in [4.69, 9.17) is 4.74 Å². The van der Waals surface area contributed by atoms with Crippen LogP contribution >= 0.6 is 11.3 Å². The molecule has 4 rings (SSSR count). The van der Waals surface area contributed by atoms with Gasteiger partial charge in [0, 0.05) is 16.1 Å². The van der Waals surface area contributed by atoms with E-state index in [0.717, 1.165) is 21.1 Å². The molecule has 0 saturated heterocycles. The van der Waals surface area contributed by atoms with Crippen molar-refractivity contribution in [3.8, 4) is 17.0 Å². The third-order valence-corrected chi connectivity index (χ3v) is 6.83. The molecule has 1 aromatic heterocycles. The highest BCUT2D eigenvalue weighted by molar-refractivity contribution is 7.11. The summed E-state index contributed by atoms with van der Waals surface area (Å²) in [6, 6.07) is 13.5. The van der Waals surface area contributed by atoms with Gasteiger partial charge in [-0.15, -0.1) is 11.3 Å². The van der Waals surface area contributed by atoms with E-state index in [-0.39, 0.29) is 23.8 Å². The fourth-order valence-electron chi connectivity index (χ4n) is 4.09. The van der Waals surface area contributed by atoms with Gasteiger partial charge in [-0.3, -0.25) is 14.5 Å². The molecule has 1 atom stereocenters. The Labute approximate surface area is 205 Å². The Morgan fingerprint density at radius 1 is 1.15 bits per heavy atom. The van der Waals surface area contributed by atoms with E-state index in [1.165, 1.54) is 10.5 Å². The van der Waals surface area contributed by atoms with Gasteiger partial charge in [0.05, 0.1) is 16.4 Å². The smallest absolute Gasteiger partial charge is 0.268 e. The molecule has 1 aliphatic rings. The largest absolute Gasteiger partial charge is 0.478 e. The van der Waals surface area contributed by atoms with E-state index in [1.807, 2.05) is 63.2 Å². The van der Waals surface area contributed by atoms with Crippen molar-refractivity contribution in [2.75, 3.05) is 16.8 Å². The first kappa shape index (κ1) is 24.0. The van der Waals surface area contributed by atoms with Crippen LogP contribution in [0, 0.1) is 13.8 Å². The number of anilines is 2. The molecule has 0 radical (unpaired) electrons. The predicted molar refractivity (Wildman–Crippen MR) is 138 cm³/mol. The molecule has 0 bridgehead atoms. The number of carbonyl (C=O) groups excluding carboxylic acids is 2. The van der Waals surface area contributed by atoms with Crippen LogP contribution in [-0.2, 0) is 15.0 Å². The maximum absolute atomic E-state index is 13.2. The van der Waals surface area contributed by atoms with Gasteiger partial charge in [0.25, 0.3) is 5.91 Å². The van der Waals surface area contributed by atoms with Crippen LogP contribution in [0.5, 0.6) is 5.75 Å². The van der Waals surface area contributed by atoms with Crippen LogP contribution in [0.3, 0.4) is 0 Å². The van der Waals surface area contributed by atoms with Crippen LogP contribution in [0.2, 0.25) is 0 Å². The highest BCUT2D eigenvalue weighted by Gasteiger charge is 2.35. The number of carbonyl (C=O) groups is 2. The fourth-order valence-corrected chi connectivity index (χ4v) is 4.93. The van der Waals surface area contributed by atoms with Crippen molar-refractivity contribution >= 4 is 34.5 Å². The summed E-state index contributed by atoms with van der Waals surface area (Å²) < 4.78 is 5.95. The van der Waals surface area contributed by atoms with Gasteiger partial charge >= 0.3 is 0 Å². The van der Waals surface area contributed by atoms with Crippen LogP contribution < -0.4 is 15.0 Å². The summed E-state index contributed by atoms with van der Waals surface area (Å²) in [6.07, 6.45) is -0.0861. The van der Waals surface area contributed by atoms with Crippen molar-refractivity contribution < 1.29 is 14.3 Å². The maximum Gasteiger partial charge on any atom is 0.268 e. The minimum atomic E-state index is -0.611. The van der Waals surface area contributed by atoms with Crippen molar-refractivity contribution in [3.05, 3.63) is 57.9 Å². The van der Waals surface area contributed by atoms with Crippen molar-refractivity contribution in [2.45, 2.75) is 59.5 Å². The molecule has 0 fully saturated rings. The molecule has 2 amide bonds. The van der Waals surface area contributed by atoms with Gasteiger partial charge in [0.15, 0.2) is 6.10 Å². The summed E-state index contributed by atoms with van der Waals surface area (Å²) in [7, 11) is 0. The van der Waals surface area contributed by atoms with Gasteiger partial charge in [-0.2, -0.15) is 0 Å². The van der Waals surface area contributed by atoms with E-state index < -0.39 is 6.10 Å². The third-order valence-electron chi connectivity index (χ3n) is 5.94. The monoisotopic (exact) mass is 477 g/mol. The van der Waals surface area contributed by atoms with E-state index in [1.54, 1.807) is 11.3 Å². The lowest BCUT2D eigenvalue weighted by atomic mass is 9.87. The molecular formula is C27H31N3O3S. The fraction of sp³-hybridized carbons (Fsp3) is 0.370. The molecule has 7 heteroatoms. The number of benzene rings is 2. The van der Waals surface area contributed by atoms with Gasteiger partial charge in [0.1, 0.15) is 12.3 Å². The number of aromatic nitrogens is 1. The lowest BCUT2D eigenvalue weighted by molar-refractivity contribution is -0.128. The van der Waals surface area contributed by atoms with Gasteiger partial charge in [-0.05, 0) is 61.6 Å². The van der Waals surface area contributed by atoms with Crippen molar-refractivity contribution in [1.82, 2.24) is 4.98 Å². The molecule has 0 spiro atoms. The Balaban J connectivity index is 1.60. The number of hydrogen-bond donors (Lipinski definition) is 1. The predicted octanol–water partition coefficient (Wildman–Crippen LogP) is 5.87. The molecule has 1 N–H and O–H groups in total. The summed E-state index contributed by atoms with van der Waals surface area (Å²) in [5.74, 6) is 0.129. The number of fused-ring (bicyclic) bond motifs is 1. The first-order valence-corrected chi connectivity index (χ1v) is 12.4. The number of rotatable bonds is 5. The summed E-state index contributed by atoms with van der Waals surface area (Å²) in [5, 5.41) is 3.91. The van der Waals surface area contributed by atoms with Crippen molar-refractivity contribution in [3.63, 3.8) is 0 Å². The number of thiazole rings is 1. The Kier molecular flexibility index (Phi) is 6.49. The number of ether oxygens (including phenoxy) is 1. The standard InChI is InChI=1S/C27H31N3O3S/c1-7-22-26(32)30(15-24(31)29-20-11-9-19(10-12-20)27(4,5)6)21-14-18(8-13-23(21)33-22)25-16(2)34-17(3)28-25/h8-14,22H,7,15H2,1-6H3,(H,29,31). The molecule has 3 aromatic rings. The van der Waals surface area contributed by atoms with Gasteiger partial charge in [0.2, 0.25) is 5.91 Å². The summed E-state index contributed by atoms with van der Waals surface area (Å²) >= 11 is 1.63. The Morgan fingerprint density at radius 2 is 1.85 bits per heavy atom. The lowest BCUT2D eigenvalue weighted by Crippen LogP contribution is -2.48. The summed E-state index contributed by atoms with van der Waals surface area (Å²) in [5.41, 5.74) is 4.30. The van der Waals surface area contributed by atoms with E-state index in [2.05, 4.69) is 31.1 Å². The minimum absolute atomic E-state index is 0.0353. The minimum Gasteiger partial charge on any atom is -0.478 e. The van der Waals surface area contributed by atoms with Crippen LogP contribution in [0.25, 0.3) is 11.3 Å². The van der Waals surface area contributed by atoms with Gasteiger partial charge < -0.3 is 10.1 Å². The second-order valence-corrected chi connectivity index (χ2v) is 11.0. The zero-order valence-electron chi connectivity index (χ0n) is 20.6. The normalized spacial score (nSPS) is 15.6. The first-order chi connectivity index (χ1) is 16.1. The molecule has 34 heavy (non-hydrogen) atoms. The van der Waals surface area contributed by atoms with Crippen molar-refractivity contribution in [2.24, 2.45) is 0 Å². The second kappa shape index (κ2) is 9.22. The summed E-state index contributed by atoms with van der Waals surface area (Å²) in [4.78, 5) is 33.4. The number of amides is 2. The quantitative estimate of drug-likeness (QED) is 0.499. The molecule has 178 valence electrons. The van der Waals surface area contributed by atoms with E-state index in [0.29, 0.717) is 23.5 Å².